The smallest absolute Gasteiger partial charge is 0.222 e. The molecular formula is C12H24N2O2. The first kappa shape index (κ1) is 13.5. The van der Waals surface area contributed by atoms with Gasteiger partial charge in [-0.25, -0.2) is 0 Å². The van der Waals surface area contributed by atoms with Crippen LogP contribution in [0.1, 0.15) is 33.1 Å². The Hall–Kier alpha value is -0.610. The molecule has 1 aliphatic carbocycles. The van der Waals surface area contributed by atoms with Crippen molar-refractivity contribution in [3.8, 4) is 0 Å². The Morgan fingerprint density at radius 1 is 1.44 bits per heavy atom. The van der Waals surface area contributed by atoms with Crippen molar-refractivity contribution in [2.75, 3.05) is 20.2 Å². The Morgan fingerprint density at radius 3 is 2.69 bits per heavy atom. The maximum absolute atomic E-state index is 11.3. The lowest BCUT2D eigenvalue weighted by Gasteiger charge is -2.35. The third-order valence-corrected chi connectivity index (χ3v) is 2.82. The summed E-state index contributed by atoms with van der Waals surface area (Å²) in [6.45, 7) is 5.56. The number of carbonyl (C=O) groups is 1. The lowest BCUT2D eigenvalue weighted by Crippen LogP contribution is -2.38. The molecule has 0 spiro atoms. The van der Waals surface area contributed by atoms with E-state index in [-0.39, 0.29) is 11.9 Å². The van der Waals surface area contributed by atoms with Crippen molar-refractivity contribution in [1.82, 2.24) is 10.6 Å². The Balaban J connectivity index is 1.95. The minimum atomic E-state index is 0.0844. The summed E-state index contributed by atoms with van der Waals surface area (Å²) in [5.41, 5.74) is 0. The van der Waals surface area contributed by atoms with Gasteiger partial charge in [-0.1, -0.05) is 0 Å². The summed E-state index contributed by atoms with van der Waals surface area (Å²) in [6.07, 6.45) is 3.12. The van der Waals surface area contributed by atoms with Gasteiger partial charge in [0.15, 0.2) is 0 Å². The number of amides is 1. The minimum absolute atomic E-state index is 0.0844. The lowest BCUT2D eigenvalue weighted by atomic mass is 9.82. The first-order chi connectivity index (χ1) is 7.61. The lowest BCUT2D eigenvalue weighted by molar-refractivity contribution is -0.124. The predicted molar refractivity (Wildman–Crippen MR) is 64.3 cm³/mol. The molecule has 1 saturated carbocycles. The van der Waals surface area contributed by atoms with Crippen LogP contribution in [0.25, 0.3) is 0 Å². The Kier molecular flexibility index (Phi) is 5.77. The number of ether oxygens (including phenoxy) is 1. The second kappa shape index (κ2) is 6.86. The Bertz CT molecular complexity index is 213. The molecule has 0 heterocycles. The van der Waals surface area contributed by atoms with Crippen molar-refractivity contribution in [3.63, 3.8) is 0 Å². The summed E-state index contributed by atoms with van der Waals surface area (Å²) in [5.74, 6) is 0.848. The molecule has 0 atom stereocenters. The predicted octanol–water partition coefficient (Wildman–Crippen LogP) is 0.916. The largest absolute Gasteiger partial charge is 0.378 e. The van der Waals surface area contributed by atoms with Crippen LogP contribution >= 0.6 is 0 Å². The van der Waals surface area contributed by atoms with Gasteiger partial charge in [-0.05, 0) is 46.2 Å². The van der Waals surface area contributed by atoms with Gasteiger partial charge in [0.1, 0.15) is 0 Å². The molecule has 4 heteroatoms. The number of hydrogen-bond acceptors (Lipinski definition) is 3. The standard InChI is InChI=1S/C12H24N2O2/c1-9(2)14-12(15)4-5-16-11-6-10(7-11)8-13-3/h9-11,13H,4-8H2,1-3H3,(H,14,15). The number of rotatable bonds is 7. The fraction of sp³-hybridized carbons (Fsp3) is 0.917. The molecule has 94 valence electrons. The van der Waals surface area contributed by atoms with E-state index >= 15 is 0 Å². The molecule has 0 saturated heterocycles. The third-order valence-electron chi connectivity index (χ3n) is 2.82. The molecule has 0 unspecified atom stereocenters. The van der Waals surface area contributed by atoms with Crippen LogP contribution in [0.2, 0.25) is 0 Å². The van der Waals surface area contributed by atoms with Crippen LogP contribution in [0.5, 0.6) is 0 Å². The highest BCUT2D eigenvalue weighted by Gasteiger charge is 2.28. The zero-order valence-electron chi connectivity index (χ0n) is 10.6. The molecule has 0 bridgehead atoms. The van der Waals surface area contributed by atoms with E-state index in [9.17, 15) is 4.79 Å². The van der Waals surface area contributed by atoms with Crippen molar-refractivity contribution in [2.24, 2.45) is 5.92 Å². The molecule has 16 heavy (non-hydrogen) atoms. The zero-order chi connectivity index (χ0) is 12.0. The number of carbonyl (C=O) groups excluding carboxylic acids is 1. The first-order valence-corrected chi connectivity index (χ1v) is 6.17. The zero-order valence-corrected chi connectivity index (χ0v) is 10.6. The van der Waals surface area contributed by atoms with E-state index in [2.05, 4.69) is 10.6 Å². The fourth-order valence-electron chi connectivity index (χ4n) is 1.98. The van der Waals surface area contributed by atoms with Crippen molar-refractivity contribution >= 4 is 5.91 Å². The highest BCUT2D eigenvalue weighted by molar-refractivity contribution is 5.76. The van der Waals surface area contributed by atoms with Gasteiger partial charge in [-0.15, -0.1) is 0 Å². The SMILES string of the molecule is CNCC1CC(OCCC(=O)NC(C)C)C1. The molecule has 2 N–H and O–H groups in total. The summed E-state index contributed by atoms with van der Waals surface area (Å²) in [6, 6.07) is 0.219. The molecule has 1 rings (SSSR count). The maximum atomic E-state index is 11.3. The molecule has 0 radical (unpaired) electrons. The number of hydrogen-bond donors (Lipinski definition) is 2. The van der Waals surface area contributed by atoms with Gasteiger partial charge >= 0.3 is 0 Å². The van der Waals surface area contributed by atoms with Gasteiger partial charge in [-0.3, -0.25) is 4.79 Å². The molecule has 1 aliphatic rings. The summed E-state index contributed by atoms with van der Waals surface area (Å²) in [7, 11) is 1.98. The van der Waals surface area contributed by atoms with E-state index in [1.807, 2.05) is 20.9 Å². The van der Waals surface area contributed by atoms with E-state index in [1.165, 1.54) is 0 Å². The Labute approximate surface area is 98.1 Å². The summed E-state index contributed by atoms with van der Waals surface area (Å²) >= 11 is 0. The second-order valence-electron chi connectivity index (χ2n) is 4.86. The van der Waals surface area contributed by atoms with E-state index in [0.29, 0.717) is 19.1 Å². The normalized spacial score (nSPS) is 24.2. The summed E-state index contributed by atoms with van der Waals surface area (Å²) < 4.78 is 5.62. The average Bonchev–Trinajstić information content (AvgIpc) is 2.12. The molecule has 0 aliphatic heterocycles. The third kappa shape index (κ3) is 4.94. The van der Waals surface area contributed by atoms with Gasteiger partial charge in [-0.2, -0.15) is 0 Å². The van der Waals surface area contributed by atoms with Crippen LogP contribution < -0.4 is 10.6 Å². The topological polar surface area (TPSA) is 50.4 Å². The van der Waals surface area contributed by atoms with Crippen molar-refractivity contribution < 1.29 is 9.53 Å². The summed E-state index contributed by atoms with van der Waals surface area (Å²) in [4.78, 5) is 11.3. The highest BCUT2D eigenvalue weighted by Crippen LogP contribution is 2.29. The molecule has 0 aromatic heterocycles. The molecule has 0 aromatic rings. The van der Waals surface area contributed by atoms with E-state index in [4.69, 9.17) is 4.74 Å². The van der Waals surface area contributed by atoms with Crippen LogP contribution in [0, 0.1) is 5.92 Å². The first-order valence-electron chi connectivity index (χ1n) is 6.17. The average molecular weight is 228 g/mol. The maximum Gasteiger partial charge on any atom is 0.222 e. The monoisotopic (exact) mass is 228 g/mol. The molecular weight excluding hydrogens is 204 g/mol. The van der Waals surface area contributed by atoms with Gasteiger partial charge < -0.3 is 15.4 Å². The van der Waals surface area contributed by atoms with Crippen molar-refractivity contribution in [3.05, 3.63) is 0 Å². The number of nitrogens with one attached hydrogen (secondary N) is 2. The van der Waals surface area contributed by atoms with Gasteiger partial charge in [0.05, 0.1) is 12.7 Å². The van der Waals surface area contributed by atoms with Crippen molar-refractivity contribution in [2.45, 2.75) is 45.3 Å². The second-order valence-corrected chi connectivity index (χ2v) is 4.86. The molecule has 1 fully saturated rings. The van der Waals surface area contributed by atoms with E-state index in [0.717, 1.165) is 25.3 Å². The highest BCUT2D eigenvalue weighted by atomic mass is 16.5. The molecule has 4 nitrogen and oxygen atoms in total. The van der Waals surface area contributed by atoms with Gasteiger partial charge in [0.2, 0.25) is 5.91 Å². The summed E-state index contributed by atoms with van der Waals surface area (Å²) in [5, 5.41) is 6.02. The van der Waals surface area contributed by atoms with Crippen LogP contribution in [-0.2, 0) is 9.53 Å². The quantitative estimate of drug-likeness (QED) is 0.681. The van der Waals surface area contributed by atoms with Crippen LogP contribution in [0.3, 0.4) is 0 Å². The van der Waals surface area contributed by atoms with Gasteiger partial charge in [0.25, 0.3) is 0 Å². The molecule has 1 amide bonds. The molecule has 0 aromatic carbocycles. The van der Waals surface area contributed by atoms with Crippen LogP contribution in [0.15, 0.2) is 0 Å². The Morgan fingerprint density at radius 2 is 2.12 bits per heavy atom. The fourth-order valence-corrected chi connectivity index (χ4v) is 1.98. The van der Waals surface area contributed by atoms with Crippen molar-refractivity contribution in [1.29, 1.82) is 0 Å². The van der Waals surface area contributed by atoms with Gasteiger partial charge in [0, 0.05) is 12.5 Å². The van der Waals surface area contributed by atoms with Crippen LogP contribution in [-0.4, -0.2) is 38.3 Å². The van der Waals surface area contributed by atoms with E-state index in [1.54, 1.807) is 0 Å². The minimum Gasteiger partial charge on any atom is -0.378 e. The van der Waals surface area contributed by atoms with Crippen LogP contribution in [0.4, 0.5) is 0 Å². The van der Waals surface area contributed by atoms with E-state index < -0.39 is 0 Å².